The maximum absolute atomic E-state index is 13.7. The van der Waals surface area contributed by atoms with Gasteiger partial charge in [-0.1, -0.05) is 55.5 Å². The van der Waals surface area contributed by atoms with Gasteiger partial charge in [0.05, 0.1) is 17.9 Å². The zero-order chi connectivity index (χ0) is 22.6. The first-order valence-electron chi connectivity index (χ1n) is 11.2. The topological polar surface area (TPSA) is 98.7 Å². The number of aryl methyl sites for hydroxylation is 1. The van der Waals surface area contributed by atoms with Crippen molar-refractivity contribution < 1.29 is 19.5 Å². The number of carbonyl (C=O) groups is 3. The third-order valence-electron chi connectivity index (χ3n) is 7.23. The van der Waals surface area contributed by atoms with Gasteiger partial charge in [-0.05, 0) is 30.9 Å². The number of amides is 3. The highest BCUT2D eigenvalue weighted by atomic mass is 16.3. The van der Waals surface area contributed by atoms with Gasteiger partial charge in [-0.2, -0.15) is 0 Å². The van der Waals surface area contributed by atoms with E-state index in [-0.39, 0.29) is 24.3 Å². The number of aliphatic hydroxyl groups excluding tert-OH is 1. The van der Waals surface area contributed by atoms with Crippen LogP contribution in [-0.2, 0) is 32.8 Å². The monoisotopic (exact) mass is 433 g/mol. The number of nitrogens with zero attached hydrogens (tertiary/aromatic N) is 1. The Morgan fingerprint density at radius 3 is 2.50 bits per heavy atom. The molecule has 2 aromatic rings. The molecule has 3 amide bonds. The summed E-state index contributed by atoms with van der Waals surface area (Å²) < 4.78 is 0. The molecule has 3 heterocycles. The van der Waals surface area contributed by atoms with Crippen molar-refractivity contribution in [2.24, 2.45) is 11.8 Å². The fraction of sp³-hybridized carbons (Fsp3) is 0.400. The minimum absolute atomic E-state index is 0.251. The first-order valence-corrected chi connectivity index (χ1v) is 11.2. The Balaban J connectivity index is 1.56. The van der Waals surface area contributed by atoms with Crippen LogP contribution in [0.15, 0.2) is 48.5 Å². The number of hydrogen-bond acceptors (Lipinski definition) is 5. The second kappa shape index (κ2) is 7.53. The highest BCUT2D eigenvalue weighted by Gasteiger charge is 2.71. The number of anilines is 1. The molecule has 32 heavy (non-hydrogen) atoms. The Bertz CT molecular complexity index is 1100. The van der Waals surface area contributed by atoms with E-state index in [1.165, 1.54) is 4.90 Å². The van der Waals surface area contributed by atoms with Crippen molar-refractivity contribution in [3.05, 3.63) is 65.2 Å². The van der Waals surface area contributed by atoms with E-state index < -0.39 is 29.5 Å². The summed E-state index contributed by atoms with van der Waals surface area (Å²) in [5, 5.41) is 16.7. The van der Waals surface area contributed by atoms with Crippen molar-refractivity contribution in [2.75, 3.05) is 11.9 Å². The van der Waals surface area contributed by atoms with Gasteiger partial charge in [0.2, 0.25) is 17.7 Å². The summed E-state index contributed by atoms with van der Waals surface area (Å²) >= 11 is 0. The maximum atomic E-state index is 13.7. The molecule has 3 aliphatic heterocycles. The van der Waals surface area contributed by atoms with Crippen LogP contribution in [0, 0.1) is 11.8 Å². The number of likely N-dealkylation sites (tertiary alicyclic amines) is 1. The number of fused-ring (bicyclic) bond motifs is 4. The van der Waals surface area contributed by atoms with Crippen LogP contribution in [0.5, 0.6) is 0 Å². The molecule has 2 aromatic carbocycles. The lowest BCUT2D eigenvalue weighted by Gasteiger charge is -2.30. The summed E-state index contributed by atoms with van der Waals surface area (Å²) in [6, 6.07) is 14.6. The van der Waals surface area contributed by atoms with Crippen LogP contribution in [0.4, 0.5) is 5.69 Å². The first kappa shape index (κ1) is 20.8. The fourth-order valence-electron chi connectivity index (χ4n) is 5.69. The molecule has 5 rings (SSSR count). The molecule has 2 fully saturated rings. The number of benzene rings is 2. The summed E-state index contributed by atoms with van der Waals surface area (Å²) in [5.41, 5.74) is 2.04. The van der Waals surface area contributed by atoms with Crippen LogP contribution in [0.1, 0.15) is 30.5 Å². The van der Waals surface area contributed by atoms with Crippen molar-refractivity contribution in [2.45, 2.75) is 44.4 Å². The average Bonchev–Trinajstić information content (AvgIpc) is 3.38. The van der Waals surface area contributed by atoms with Gasteiger partial charge >= 0.3 is 0 Å². The van der Waals surface area contributed by atoms with Gasteiger partial charge in [0.1, 0.15) is 5.54 Å². The predicted octanol–water partition coefficient (Wildman–Crippen LogP) is 1.59. The molecule has 3 N–H and O–H groups in total. The van der Waals surface area contributed by atoms with Crippen molar-refractivity contribution in [1.82, 2.24) is 10.2 Å². The Morgan fingerprint density at radius 2 is 1.81 bits per heavy atom. The molecule has 0 bridgehead atoms. The Hall–Kier alpha value is -3.03. The van der Waals surface area contributed by atoms with Gasteiger partial charge in [0.25, 0.3) is 0 Å². The smallest absolute Gasteiger partial charge is 0.250 e. The van der Waals surface area contributed by atoms with Crippen molar-refractivity contribution in [1.29, 1.82) is 0 Å². The summed E-state index contributed by atoms with van der Waals surface area (Å²) in [7, 11) is 0. The molecule has 1 spiro atoms. The second-order valence-corrected chi connectivity index (χ2v) is 8.93. The van der Waals surface area contributed by atoms with Crippen molar-refractivity contribution >= 4 is 23.4 Å². The van der Waals surface area contributed by atoms with Gasteiger partial charge in [0.15, 0.2) is 0 Å². The molecule has 166 valence electrons. The number of hydrogen-bond donors (Lipinski definition) is 3. The van der Waals surface area contributed by atoms with E-state index >= 15 is 0 Å². The van der Waals surface area contributed by atoms with Gasteiger partial charge in [-0.25, -0.2) is 0 Å². The van der Waals surface area contributed by atoms with Crippen LogP contribution in [0.3, 0.4) is 0 Å². The summed E-state index contributed by atoms with van der Waals surface area (Å²) in [5.74, 6) is -2.69. The predicted molar refractivity (Wildman–Crippen MR) is 119 cm³/mol. The zero-order valence-corrected chi connectivity index (χ0v) is 18.2. The van der Waals surface area contributed by atoms with E-state index in [4.69, 9.17) is 0 Å². The third kappa shape index (κ3) is 2.77. The number of carbonyl (C=O) groups excluding carboxylic acids is 3. The molecule has 7 nitrogen and oxygen atoms in total. The second-order valence-electron chi connectivity index (χ2n) is 8.93. The molecule has 7 heteroatoms. The summed E-state index contributed by atoms with van der Waals surface area (Å²) in [6.45, 7) is 3.85. The molecule has 0 unspecified atom stereocenters. The Kier molecular flexibility index (Phi) is 4.91. The van der Waals surface area contributed by atoms with Gasteiger partial charge in [-0.15, -0.1) is 0 Å². The standard InChI is InChI=1S/C25H27N3O4/c1-3-16-10-7-11-17-21(16)26-24(32)25(17)19-18(20(27-25)14(2)29)22(30)28(23(19)31)13-12-15-8-5-4-6-9-15/h4-11,14,18-20,27,29H,3,12-13H2,1-2H3,(H,26,32)/t14-,18+,19+,20-,25-/m1/s1. The van der Waals surface area contributed by atoms with Crippen molar-refractivity contribution in [3.63, 3.8) is 0 Å². The first-order chi connectivity index (χ1) is 15.4. The fourth-order valence-corrected chi connectivity index (χ4v) is 5.69. The van der Waals surface area contributed by atoms with E-state index in [0.29, 0.717) is 17.7 Å². The summed E-state index contributed by atoms with van der Waals surface area (Å²) in [6.07, 6.45) is 0.364. The quantitative estimate of drug-likeness (QED) is 0.622. The highest BCUT2D eigenvalue weighted by Crippen LogP contribution is 2.53. The summed E-state index contributed by atoms with van der Waals surface area (Å²) in [4.78, 5) is 41.8. The van der Waals surface area contributed by atoms with Gasteiger partial charge < -0.3 is 10.4 Å². The molecule has 0 aliphatic carbocycles. The number of para-hydroxylation sites is 1. The largest absolute Gasteiger partial charge is 0.392 e. The Labute approximate surface area is 186 Å². The number of aliphatic hydroxyl groups is 1. The van der Waals surface area contributed by atoms with Gasteiger partial charge in [-0.3, -0.25) is 24.6 Å². The minimum atomic E-state index is -1.36. The number of rotatable bonds is 5. The molecule has 3 aliphatic rings. The molecule has 0 aromatic heterocycles. The normalized spacial score (nSPS) is 29.4. The van der Waals surface area contributed by atoms with Gasteiger partial charge in [0, 0.05) is 23.8 Å². The van der Waals surface area contributed by atoms with Crippen LogP contribution in [0.25, 0.3) is 0 Å². The maximum Gasteiger partial charge on any atom is 0.250 e. The Morgan fingerprint density at radius 1 is 1.06 bits per heavy atom. The van der Waals surface area contributed by atoms with E-state index in [1.54, 1.807) is 6.92 Å². The zero-order valence-electron chi connectivity index (χ0n) is 18.2. The van der Waals surface area contributed by atoms with Crippen LogP contribution < -0.4 is 10.6 Å². The van der Waals surface area contributed by atoms with E-state index in [1.807, 2.05) is 55.5 Å². The van der Waals surface area contributed by atoms with Crippen LogP contribution in [0.2, 0.25) is 0 Å². The minimum Gasteiger partial charge on any atom is -0.392 e. The molecule has 5 atom stereocenters. The molecular formula is C25H27N3O4. The lowest BCUT2D eigenvalue weighted by atomic mass is 9.76. The van der Waals surface area contributed by atoms with Crippen LogP contribution in [-0.4, -0.2) is 46.4 Å². The lowest BCUT2D eigenvalue weighted by Crippen LogP contribution is -2.54. The molecule has 0 radical (unpaired) electrons. The average molecular weight is 434 g/mol. The van der Waals surface area contributed by atoms with E-state index in [2.05, 4.69) is 10.6 Å². The number of nitrogens with one attached hydrogen (secondary N) is 2. The van der Waals surface area contributed by atoms with E-state index in [9.17, 15) is 19.5 Å². The molecule has 0 saturated carbocycles. The lowest BCUT2D eigenvalue weighted by molar-refractivity contribution is -0.143. The van der Waals surface area contributed by atoms with Crippen LogP contribution >= 0.6 is 0 Å². The van der Waals surface area contributed by atoms with Crippen molar-refractivity contribution in [3.8, 4) is 0 Å². The van der Waals surface area contributed by atoms with E-state index in [0.717, 1.165) is 17.5 Å². The third-order valence-corrected chi connectivity index (χ3v) is 7.23. The highest BCUT2D eigenvalue weighted by molar-refractivity contribution is 6.15. The molecular weight excluding hydrogens is 406 g/mol. The molecule has 2 saturated heterocycles. The number of imide groups is 1. The SMILES string of the molecule is CCc1cccc2c1NC(=O)[C@@]21N[C@H]([C@@H](C)O)[C@H]2C(=O)N(CCc3ccccc3)C(=O)[C@H]21.